The molecule has 0 rings (SSSR count). The van der Waals surface area contributed by atoms with Crippen LogP contribution in [0.25, 0.3) is 0 Å². The Labute approximate surface area is 75.5 Å². The summed E-state index contributed by atoms with van der Waals surface area (Å²) < 4.78 is 0. The minimum Gasteiger partial charge on any atom is -0.377 e. The molecule has 1 unspecified atom stereocenters. The average molecular weight is 190 g/mol. The van der Waals surface area contributed by atoms with Crippen molar-refractivity contribution < 1.29 is 14.7 Å². The van der Waals surface area contributed by atoms with Crippen molar-refractivity contribution >= 4 is 11.8 Å². The first-order chi connectivity index (χ1) is 5.91. The lowest BCUT2D eigenvalue weighted by molar-refractivity contribution is -0.122. The van der Waals surface area contributed by atoms with E-state index < -0.39 is 18.0 Å². The van der Waals surface area contributed by atoms with Gasteiger partial charge in [-0.3, -0.25) is 14.5 Å². The molecule has 7 heteroatoms. The molecular weight excluding hydrogens is 176 g/mol. The van der Waals surface area contributed by atoms with Crippen LogP contribution in [0.5, 0.6) is 0 Å². The maximum Gasteiger partial charge on any atom is 0.231 e. The molecule has 0 aromatic heterocycles. The van der Waals surface area contributed by atoms with Crippen molar-refractivity contribution in [1.82, 2.24) is 4.90 Å². The lowest BCUT2D eigenvalue weighted by Gasteiger charge is -2.19. The summed E-state index contributed by atoms with van der Waals surface area (Å²) in [4.78, 5) is 22.2. The molecule has 0 aliphatic rings. The molecule has 0 aliphatic heterocycles. The van der Waals surface area contributed by atoms with Crippen molar-refractivity contribution in [2.75, 3.05) is 19.6 Å². The van der Waals surface area contributed by atoms with Gasteiger partial charge in [0, 0.05) is 6.54 Å². The third kappa shape index (κ3) is 7.19. The van der Waals surface area contributed by atoms with Crippen LogP contribution in [0.4, 0.5) is 0 Å². The van der Waals surface area contributed by atoms with E-state index in [1.807, 2.05) is 0 Å². The Balaban J connectivity index is 4.02. The van der Waals surface area contributed by atoms with Crippen molar-refractivity contribution in [3.05, 3.63) is 0 Å². The summed E-state index contributed by atoms with van der Waals surface area (Å²) in [5.41, 5.74) is 14.8. The van der Waals surface area contributed by atoms with Gasteiger partial charge in [-0.15, -0.1) is 0 Å². The number of carbonyl (C=O) groups is 2. The van der Waals surface area contributed by atoms with Crippen LogP contribution < -0.4 is 17.2 Å². The van der Waals surface area contributed by atoms with Gasteiger partial charge in [-0.1, -0.05) is 0 Å². The molecule has 7 N–H and O–H groups in total. The van der Waals surface area contributed by atoms with Crippen LogP contribution in [0.1, 0.15) is 0 Å². The van der Waals surface area contributed by atoms with E-state index in [9.17, 15) is 9.59 Å². The van der Waals surface area contributed by atoms with Gasteiger partial charge in [0.25, 0.3) is 0 Å². The number of aliphatic hydroxyl groups excluding tert-OH is 1. The zero-order valence-electron chi connectivity index (χ0n) is 7.14. The predicted molar refractivity (Wildman–Crippen MR) is 45.0 cm³/mol. The van der Waals surface area contributed by atoms with Gasteiger partial charge in [-0.2, -0.15) is 0 Å². The molecule has 0 aromatic carbocycles. The normalized spacial score (nSPS) is 12.8. The van der Waals surface area contributed by atoms with Gasteiger partial charge < -0.3 is 22.3 Å². The summed E-state index contributed by atoms with van der Waals surface area (Å²) in [6, 6.07) is 0. The van der Waals surface area contributed by atoms with Crippen LogP contribution in [0, 0.1) is 0 Å². The number of hydrogen-bond acceptors (Lipinski definition) is 5. The van der Waals surface area contributed by atoms with Crippen LogP contribution in [0.15, 0.2) is 0 Å². The highest BCUT2D eigenvalue weighted by molar-refractivity contribution is 5.79. The van der Waals surface area contributed by atoms with Gasteiger partial charge in [0.05, 0.1) is 13.1 Å². The Hall–Kier alpha value is -1.18. The van der Waals surface area contributed by atoms with E-state index >= 15 is 0 Å². The lowest BCUT2D eigenvalue weighted by atomic mass is 10.4. The van der Waals surface area contributed by atoms with Crippen molar-refractivity contribution in [3.8, 4) is 0 Å². The Morgan fingerprint density at radius 3 is 1.85 bits per heavy atom. The van der Waals surface area contributed by atoms with Gasteiger partial charge in [0.2, 0.25) is 11.8 Å². The number of rotatable bonds is 6. The van der Waals surface area contributed by atoms with E-state index in [4.69, 9.17) is 22.3 Å². The molecule has 13 heavy (non-hydrogen) atoms. The number of amides is 2. The van der Waals surface area contributed by atoms with Crippen molar-refractivity contribution in [2.24, 2.45) is 17.2 Å². The SMILES string of the molecule is NC(=O)CN(CC(N)=O)CC(N)O. The van der Waals surface area contributed by atoms with Crippen molar-refractivity contribution in [3.63, 3.8) is 0 Å². The van der Waals surface area contributed by atoms with Gasteiger partial charge in [-0.05, 0) is 0 Å². The number of hydrogen-bond donors (Lipinski definition) is 4. The molecule has 2 amide bonds. The molecule has 76 valence electrons. The highest BCUT2D eigenvalue weighted by atomic mass is 16.3. The lowest BCUT2D eigenvalue weighted by Crippen LogP contribution is -2.45. The Morgan fingerprint density at radius 1 is 1.23 bits per heavy atom. The van der Waals surface area contributed by atoms with Gasteiger partial charge in [0.1, 0.15) is 6.23 Å². The van der Waals surface area contributed by atoms with E-state index in [-0.39, 0.29) is 19.6 Å². The summed E-state index contributed by atoms with van der Waals surface area (Å²) in [5, 5.41) is 8.78. The zero-order valence-corrected chi connectivity index (χ0v) is 7.14. The van der Waals surface area contributed by atoms with Crippen LogP contribution in [-0.4, -0.2) is 47.7 Å². The molecular formula is C6H14N4O3. The summed E-state index contributed by atoms with van der Waals surface area (Å²) >= 11 is 0. The summed E-state index contributed by atoms with van der Waals surface area (Å²) in [6.45, 7) is -0.333. The Morgan fingerprint density at radius 2 is 1.62 bits per heavy atom. The summed E-state index contributed by atoms with van der Waals surface area (Å²) in [6.07, 6.45) is -1.13. The molecule has 0 spiro atoms. The standard InChI is InChI=1S/C6H14N4O3/c7-4(11)1-10(2-5(8)12)3-6(9)13/h4,11H,1-3,7H2,(H2,8,12)(H2,9,13). The second kappa shape index (κ2) is 5.46. The monoisotopic (exact) mass is 190 g/mol. The predicted octanol–water partition coefficient (Wildman–Crippen LogP) is -3.46. The van der Waals surface area contributed by atoms with E-state index in [0.29, 0.717) is 0 Å². The summed E-state index contributed by atoms with van der Waals surface area (Å²) in [7, 11) is 0. The number of nitrogens with two attached hydrogens (primary N) is 3. The molecule has 0 fully saturated rings. The average Bonchev–Trinajstić information content (AvgIpc) is 1.80. The quantitative estimate of drug-likeness (QED) is 0.323. The number of primary amides is 2. The van der Waals surface area contributed by atoms with Crippen LogP contribution in [-0.2, 0) is 9.59 Å². The van der Waals surface area contributed by atoms with E-state index in [0.717, 1.165) is 0 Å². The molecule has 0 saturated heterocycles. The minimum atomic E-state index is -1.13. The fourth-order valence-electron chi connectivity index (χ4n) is 0.890. The first kappa shape index (κ1) is 11.8. The minimum absolute atomic E-state index is 0.0219. The van der Waals surface area contributed by atoms with Gasteiger partial charge in [0.15, 0.2) is 0 Å². The highest BCUT2D eigenvalue weighted by Gasteiger charge is 2.12. The Bertz CT molecular complexity index is 178. The molecule has 0 heterocycles. The van der Waals surface area contributed by atoms with Crippen molar-refractivity contribution in [2.45, 2.75) is 6.23 Å². The molecule has 0 bridgehead atoms. The maximum absolute atomic E-state index is 10.5. The Kier molecular flexibility index (Phi) is 4.97. The molecule has 0 aromatic rings. The number of aliphatic hydroxyl groups is 1. The fraction of sp³-hybridized carbons (Fsp3) is 0.667. The number of carbonyl (C=O) groups excluding carboxylic acids is 2. The van der Waals surface area contributed by atoms with Gasteiger partial charge >= 0.3 is 0 Å². The third-order valence-electron chi connectivity index (χ3n) is 1.20. The summed E-state index contributed by atoms with van der Waals surface area (Å²) in [5.74, 6) is -1.22. The topological polar surface area (TPSA) is 136 Å². The highest BCUT2D eigenvalue weighted by Crippen LogP contribution is 1.87. The van der Waals surface area contributed by atoms with E-state index in [1.165, 1.54) is 4.90 Å². The molecule has 0 radical (unpaired) electrons. The first-order valence-electron chi connectivity index (χ1n) is 3.64. The molecule has 1 atom stereocenters. The molecule has 7 nitrogen and oxygen atoms in total. The van der Waals surface area contributed by atoms with E-state index in [1.54, 1.807) is 0 Å². The fourth-order valence-corrected chi connectivity index (χ4v) is 0.890. The van der Waals surface area contributed by atoms with Crippen LogP contribution in [0.2, 0.25) is 0 Å². The zero-order chi connectivity index (χ0) is 10.4. The van der Waals surface area contributed by atoms with Crippen LogP contribution in [0.3, 0.4) is 0 Å². The maximum atomic E-state index is 10.5. The first-order valence-corrected chi connectivity index (χ1v) is 3.64. The smallest absolute Gasteiger partial charge is 0.231 e. The van der Waals surface area contributed by atoms with Gasteiger partial charge in [-0.25, -0.2) is 0 Å². The molecule has 0 aliphatic carbocycles. The molecule has 0 saturated carbocycles. The second-order valence-corrected chi connectivity index (χ2v) is 2.67. The third-order valence-corrected chi connectivity index (χ3v) is 1.20. The van der Waals surface area contributed by atoms with Crippen LogP contribution >= 0.6 is 0 Å². The largest absolute Gasteiger partial charge is 0.377 e. The number of nitrogens with zero attached hydrogens (tertiary/aromatic N) is 1. The van der Waals surface area contributed by atoms with E-state index in [2.05, 4.69) is 0 Å². The second-order valence-electron chi connectivity index (χ2n) is 2.67. The van der Waals surface area contributed by atoms with Crippen molar-refractivity contribution in [1.29, 1.82) is 0 Å².